The zero-order chi connectivity index (χ0) is 24.4. The van der Waals surface area contributed by atoms with Crippen LogP contribution in [-0.2, 0) is 27.2 Å². The number of nitrogens with one attached hydrogen (secondary N) is 2. The molecule has 0 saturated carbocycles. The van der Waals surface area contributed by atoms with Crippen LogP contribution in [0, 0.1) is 11.7 Å². The summed E-state index contributed by atoms with van der Waals surface area (Å²) in [6, 6.07) is 9.04. The Balaban J connectivity index is 1.57. The van der Waals surface area contributed by atoms with Crippen molar-refractivity contribution in [1.82, 2.24) is 10.3 Å². The minimum absolute atomic E-state index is 0.00526. The molecule has 9 heteroatoms. The molecule has 3 atom stereocenters. The van der Waals surface area contributed by atoms with Gasteiger partial charge in [-0.05, 0) is 65.8 Å². The first-order valence-electron chi connectivity index (χ1n) is 10.9. The van der Waals surface area contributed by atoms with Crippen LogP contribution in [0.15, 0.2) is 47.1 Å². The first-order chi connectivity index (χ1) is 16.2. The number of aromatic nitrogens is 1. The van der Waals surface area contributed by atoms with E-state index >= 15 is 0 Å². The number of H-pyrrole nitrogens is 1. The summed E-state index contributed by atoms with van der Waals surface area (Å²) in [4.78, 5) is 40.1. The number of amides is 1. The number of aliphatic carboxylic acids is 1. The van der Waals surface area contributed by atoms with E-state index in [0.717, 1.165) is 40.2 Å². The number of carboxylic acid groups (broad SMARTS) is 1. The molecule has 0 bridgehead atoms. The average Bonchev–Trinajstić information content (AvgIpc) is 3.37. The third-order valence-corrected chi connectivity index (χ3v) is 7.71. The van der Waals surface area contributed by atoms with Crippen molar-refractivity contribution >= 4 is 55.6 Å². The summed E-state index contributed by atoms with van der Waals surface area (Å²) in [6.07, 6.45) is 3.21. The van der Waals surface area contributed by atoms with Crippen molar-refractivity contribution < 1.29 is 23.9 Å². The van der Waals surface area contributed by atoms with Gasteiger partial charge in [0.15, 0.2) is 5.12 Å². The molecule has 3 aromatic rings. The molecule has 3 unspecified atom stereocenters. The minimum Gasteiger partial charge on any atom is -0.480 e. The fourth-order valence-electron chi connectivity index (χ4n) is 4.64. The molecule has 178 valence electrons. The number of aryl methyl sites for hydroxylation is 1. The van der Waals surface area contributed by atoms with Crippen LogP contribution >= 0.6 is 27.7 Å². The molecule has 1 heterocycles. The number of aromatic amines is 1. The lowest BCUT2D eigenvalue weighted by molar-refractivity contribution is -0.142. The second-order valence-electron chi connectivity index (χ2n) is 8.50. The van der Waals surface area contributed by atoms with E-state index in [1.165, 1.54) is 19.1 Å². The lowest BCUT2D eigenvalue weighted by atomic mass is 9.87. The van der Waals surface area contributed by atoms with Gasteiger partial charge < -0.3 is 15.4 Å². The molecule has 0 fully saturated rings. The number of carboxylic acids is 1. The van der Waals surface area contributed by atoms with Crippen LogP contribution in [0.4, 0.5) is 4.39 Å². The van der Waals surface area contributed by atoms with Crippen molar-refractivity contribution in [2.45, 2.75) is 38.1 Å². The van der Waals surface area contributed by atoms with E-state index in [0.29, 0.717) is 16.5 Å². The lowest BCUT2D eigenvalue weighted by Crippen LogP contribution is -2.46. The molecule has 1 aliphatic carbocycles. The maximum atomic E-state index is 13.7. The van der Waals surface area contributed by atoms with Crippen LogP contribution in [0.25, 0.3) is 10.9 Å². The van der Waals surface area contributed by atoms with Crippen LogP contribution in [0.2, 0.25) is 0 Å². The molecule has 2 aromatic carbocycles. The number of hydrogen-bond acceptors (Lipinski definition) is 4. The maximum absolute atomic E-state index is 13.7. The second-order valence-corrected chi connectivity index (χ2v) is 10.6. The first kappa shape index (κ1) is 24.5. The highest BCUT2D eigenvalue weighted by Crippen LogP contribution is 2.41. The highest BCUT2D eigenvalue weighted by Gasteiger charge is 2.36. The van der Waals surface area contributed by atoms with Gasteiger partial charge in [0.25, 0.3) is 0 Å². The SMILES string of the molecule is CC(=O)SCC(C(=O)NC(Cc1c[nH]c2ccc(F)cc12)C(=O)O)C1CCc2cc(Br)ccc21. The quantitative estimate of drug-likeness (QED) is 0.376. The number of fused-ring (bicyclic) bond motifs is 2. The predicted molar refractivity (Wildman–Crippen MR) is 133 cm³/mol. The van der Waals surface area contributed by atoms with E-state index in [1.54, 1.807) is 12.3 Å². The Labute approximate surface area is 208 Å². The van der Waals surface area contributed by atoms with Crippen molar-refractivity contribution in [3.05, 3.63) is 69.6 Å². The van der Waals surface area contributed by atoms with Crippen LogP contribution in [0.3, 0.4) is 0 Å². The van der Waals surface area contributed by atoms with Crippen molar-refractivity contribution in [3.8, 4) is 0 Å². The van der Waals surface area contributed by atoms with Gasteiger partial charge in [0.2, 0.25) is 5.91 Å². The highest BCUT2D eigenvalue weighted by atomic mass is 79.9. The number of carbonyl (C=O) groups is 3. The van der Waals surface area contributed by atoms with Gasteiger partial charge in [-0.3, -0.25) is 9.59 Å². The van der Waals surface area contributed by atoms with Crippen LogP contribution in [-0.4, -0.2) is 38.9 Å². The van der Waals surface area contributed by atoms with Gasteiger partial charge >= 0.3 is 5.97 Å². The molecule has 1 aliphatic rings. The van der Waals surface area contributed by atoms with Gasteiger partial charge in [-0.2, -0.15) is 0 Å². The molecule has 4 rings (SSSR count). The Morgan fingerprint density at radius 1 is 1.26 bits per heavy atom. The number of thioether (sulfide) groups is 1. The van der Waals surface area contributed by atoms with E-state index in [9.17, 15) is 23.9 Å². The molecule has 1 aromatic heterocycles. The molecular weight excluding hydrogens is 523 g/mol. The van der Waals surface area contributed by atoms with Gasteiger partial charge in [0, 0.05) is 40.7 Å². The Bertz CT molecular complexity index is 1260. The fraction of sp³-hybridized carbons (Fsp3) is 0.320. The smallest absolute Gasteiger partial charge is 0.326 e. The summed E-state index contributed by atoms with van der Waals surface area (Å²) < 4.78 is 14.7. The van der Waals surface area contributed by atoms with Crippen molar-refractivity contribution in [1.29, 1.82) is 0 Å². The molecule has 0 aliphatic heterocycles. The van der Waals surface area contributed by atoms with Gasteiger partial charge in [0.05, 0.1) is 5.92 Å². The van der Waals surface area contributed by atoms with Crippen molar-refractivity contribution in [2.75, 3.05) is 5.75 Å². The highest BCUT2D eigenvalue weighted by molar-refractivity contribution is 9.10. The summed E-state index contributed by atoms with van der Waals surface area (Å²) in [7, 11) is 0. The third kappa shape index (κ3) is 5.36. The fourth-order valence-corrected chi connectivity index (χ4v) is 5.84. The molecule has 3 N–H and O–H groups in total. The van der Waals surface area contributed by atoms with Gasteiger partial charge in [-0.25, -0.2) is 9.18 Å². The number of rotatable bonds is 8. The van der Waals surface area contributed by atoms with Gasteiger partial charge in [-0.1, -0.05) is 33.8 Å². The molecule has 34 heavy (non-hydrogen) atoms. The van der Waals surface area contributed by atoms with Crippen LogP contribution in [0.5, 0.6) is 0 Å². The van der Waals surface area contributed by atoms with E-state index in [2.05, 4.69) is 26.2 Å². The maximum Gasteiger partial charge on any atom is 0.326 e. The third-order valence-electron chi connectivity index (χ3n) is 6.29. The van der Waals surface area contributed by atoms with E-state index in [1.807, 2.05) is 18.2 Å². The summed E-state index contributed by atoms with van der Waals surface area (Å²) in [6.45, 7) is 1.45. The largest absolute Gasteiger partial charge is 0.480 e. The van der Waals surface area contributed by atoms with Crippen molar-refractivity contribution in [3.63, 3.8) is 0 Å². The summed E-state index contributed by atoms with van der Waals surface area (Å²) in [5, 5.41) is 13.0. The number of halogens is 2. The molecule has 0 radical (unpaired) electrons. The number of carbonyl (C=O) groups excluding carboxylic acids is 2. The van der Waals surface area contributed by atoms with E-state index < -0.39 is 29.7 Å². The Morgan fingerprint density at radius 3 is 2.79 bits per heavy atom. The topological polar surface area (TPSA) is 99.3 Å². The summed E-state index contributed by atoms with van der Waals surface area (Å²) in [5.74, 6) is -2.38. The molecule has 0 spiro atoms. The summed E-state index contributed by atoms with van der Waals surface area (Å²) >= 11 is 4.55. The van der Waals surface area contributed by atoms with Crippen LogP contribution in [0.1, 0.15) is 36.0 Å². The number of benzene rings is 2. The van der Waals surface area contributed by atoms with E-state index in [-0.39, 0.29) is 23.2 Å². The second kappa shape index (κ2) is 10.3. The van der Waals surface area contributed by atoms with E-state index in [4.69, 9.17) is 0 Å². The predicted octanol–water partition coefficient (Wildman–Crippen LogP) is 4.81. The molecule has 1 amide bonds. The number of hydrogen-bond donors (Lipinski definition) is 3. The molecular formula is C25H24BrFN2O4S. The zero-order valence-electron chi connectivity index (χ0n) is 18.4. The molecule has 6 nitrogen and oxygen atoms in total. The van der Waals surface area contributed by atoms with Crippen molar-refractivity contribution in [2.24, 2.45) is 5.92 Å². The van der Waals surface area contributed by atoms with Gasteiger partial charge in [-0.15, -0.1) is 0 Å². The average molecular weight is 547 g/mol. The summed E-state index contributed by atoms with van der Waals surface area (Å²) in [5.41, 5.74) is 3.51. The minimum atomic E-state index is -1.19. The Morgan fingerprint density at radius 2 is 2.06 bits per heavy atom. The van der Waals surface area contributed by atoms with Crippen LogP contribution < -0.4 is 5.32 Å². The monoisotopic (exact) mass is 546 g/mol. The normalized spacial score (nSPS) is 16.7. The first-order valence-corrected chi connectivity index (χ1v) is 12.7. The molecule has 0 saturated heterocycles. The zero-order valence-corrected chi connectivity index (χ0v) is 20.8. The Hall–Kier alpha value is -2.65. The Kier molecular flexibility index (Phi) is 7.42. The lowest BCUT2D eigenvalue weighted by Gasteiger charge is -2.25. The standard InChI is InChI=1S/C25H24BrFN2O4S/c1-13(30)34-12-21(19-5-2-14-8-16(26)3-6-18(14)19)24(31)29-23(25(32)33)9-15-11-28-22-7-4-17(27)10-20(15)22/h3-4,6-8,10-11,19,21,23,28H,2,5,9,12H2,1H3,(H,29,31)(H,32,33). The van der Waals surface area contributed by atoms with Gasteiger partial charge in [0.1, 0.15) is 11.9 Å².